The van der Waals surface area contributed by atoms with E-state index in [2.05, 4.69) is 13.8 Å². The fraction of sp³-hybridized carbons (Fsp3) is 1.00. The highest BCUT2D eigenvalue weighted by molar-refractivity contribution is 4.99. The summed E-state index contributed by atoms with van der Waals surface area (Å²) in [4.78, 5) is 0. The topological polar surface area (TPSA) is 26.0 Å². The standard InChI is InChI=1S/C9H17N/c1-5-6(2)8-3-7(5)4-9(8)10/h5-9H,3-4,10H2,1-2H3. The molecule has 10 heavy (non-hydrogen) atoms. The molecular weight excluding hydrogens is 122 g/mol. The number of hydrogen-bond acceptors (Lipinski definition) is 1. The fourth-order valence-electron chi connectivity index (χ4n) is 3.00. The van der Waals surface area contributed by atoms with Gasteiger partial charge >= 0.3 is 0 Å². The van der Waals surface area contributed by atoms with Gasteiger partial charge in [-0.1, -0.05) is 13.8 Å². The third-order valence-electron chi connectivity index (χ3n) is 3.95. The van der Waals surface area contributed by atoms with Gasteiger partial charge in [0.2, 0.25) is 0 Å². The van der Waals surface area contributed by atoms with Gasteiger partial charge in [-0.15, -0.1) is 0 Å². The van der Waals surface area contributed by atoms with Crippen LogP contribution in [0.4, 0.5) is 0 Å². The van der Waals surface area contributed by atoms with Crippen LogP contribution < -0.4 is 5.73 Å². The molecule has 58 valence electrons. The highest BCUT2D eigenvalue weighted by atomic mass is 14.7. The van der Waals surface area contributed by atoms with Crippen LogP contribution in [0.15, 0.2) is 0 Å². The van der Waals surface area contributed by atoms with Crippen molar-refractivity contribution in [3.05, 3.63) is 0 Å². The van der Waals surface area contributed by atoms with Crippen LogP contribution in [0.25, 0.3) is 0 Å². The Hall–Kier alpha value is -0.0400. The van der Waals surface area contributed by atoms with Crippen molar-refractivity contribution in [2.75, 3.05) is 0 Å². The smallest absolute Gasteiger partial charge is 0.00726 e. The Labute approximate surface area is 63.0 Å². The number of fused-ring (bicyclic) bond motifs is 2. The second-order valence-corrected chi connectivity index (χ2v) is 4.28. The molecule has 1 heteroatoms. The molecule has 2 fully saturated rings. The second-order valence-electron chi connectivity index (χ2n) is 4.28. The molecule has 2 aliphatic carbocycles. The highest BCUT2D eigenvalue weighted by Gasteiger charge is 2.46. The minimum Gasteiger partial charge on any atom is -0.327 e. The first-order valence-corrected chi connectivity index (χ1v) is 4.45. The van der Waals surface area contributed by atoms with E-state index in [-0.39, 0.29) is 0 Å². The predicted octanol–water partition coefficient (Wildman–Crippen LogP) is 1.63. The van der Waals surface area contributed by atoms with Gasteiger partial charge in [-0.2, -0.15) is 0 Å². The summed E-state index contributed by atoms with van der Waals surface area (Å²) < 4.78 is 0. The van der Waals surface area contributed by atoms with Gasteiger partial charge in [-0.3, -0.25) is 0 Å². The van der Waals surface area contributed by atoms with Gasteiger partial charge in [0.15, 0.2) is 0 Å². The van der Waals surface area contributed by atoms with E-state index in [0.29, 0.717) is 6.04 Å². The SMILES string of the molecule is CC1C2CC(N)C(C2)C1C. The lowest BCUT2D eigenvalue weighted by molar-refractivity contribution is 0.234. The van der Waals surface area contributed by atoms with Crippen molar-refractivity contribution in [1.82, 2.24) is 0 Å². The first-order chi connectivity index (χ1) is 4.70. The van der Waals surface area contributed by atoms with Crippen LogP contribution in [0.5, 0.6) is 0 Å². The van der Waals surface area contributed by atoms with Crippen LogP contribution in [0, 0.1) is 23.7 Å². The van der Waals surface area contributed by atoms with Crippen molar-refractivity contribution in [2.24, 2.45) is 29.4 Å². The summed E-state index contributed by atoms with van der Waals surface area (Å²) in [5, 5.41) is 0. The summed E-state index contributed by atoms with van der Waals surface area (Å²) in [5.74, 6) is 3.67. The summed E-state index contributed by atoms with van der Waals surface area (Å²) in [6, 6.07) is 0.538. The van der Waals surface area contributed by atoms with Gasteiger partial charge < -0.3 is 5.73 Å². The summed E-state index contributed by atoms with van der Waals surface area (Å²) in [5.41, 5.74) is 5.97. The lowest BCUT2D eigenvalue weighted by Gasteiger charge is -2.29. The Morgan fingerprint density at radius 1 is 1.10 bits per heavy atom. The molecule has 0 amide bonds. The van der Waals surface area contributed by atoms with Crippen molar-refractivity contribution in [3.8, 4) is 0 Å². The monoisotopic (exact) mass is 139 g/mol. The first kappa shape index (κ1) is 6.66. The second kappa shape index (κ2) is 1.97. The average Bonchev–Trinajstić information content (AvgIpc) is 2.36. The predicted molar refractivity (Wildman–Crippen MR) is 42.5 cm³/mol. The largest absolute Gasteiger partial charge is 0.327 e. The summed E-state index contributed by atoms with van der Waals surface area (Å²) >= 11 is 0. The Bertz CT molecular complexity index is 142. The van der Waals surface area contributed by atoms with Crippen LogP contribution >= 0.6 is 0 Å². The summed E-state index contributed by atoms with van der Waals surface area (Å²) in [6.45, 7) is 4.76. The molecular formula is C9H17N. The molecule has 5 atom stereocenters. The molecule has 2 aliphatic rings. The molecule has 0 aromatic carbocycles. The summed E-state index contributed by atoms with van der Waals surface area (Å²) in [6.07, 6.45) is 2.72. The molecule has 2 saturated carbocycles. The third-order valence-corrected chi connectivity index (χ3v) is 3.95. The Balaban J connectivity index is 2.16. The number of hydrogen-bond donors (Lipinski definition) is 1. The van der Waals surface area contributed by atoms with Crippen molar-refractivity contribution in [2.45, 2.75) is 32.7 Å². The van der Waals surface area contributed by atoms with Gasteiger partial charge in [-0.25, -0.2) is 0 Å². The van der Waals surface area contributed by atoms with Gasteiger partial charge in [0.1, 0.15) is 0 Å². The Morgan fingerprint density at radius 3 is 2.20 bits per heavy atom. The molecule has 2 bridgehead atoms. The molecule has 0 spiro atoms. The minimum atomic E-state index is 0.538. The fourth-order valence-corrected chi connectivity index (χ4v) is 3.00. The van der Waals surface area contributed by atoms with Crippen molar-refractivity contribution >= 4 is 0 Å². The van der Waals surface area contributed by atoms with E-state index in [9.17, 15) is 0 Å². The maximum absolute atomic E-state index is 5.97. The molecule has 0 saturated heterocycles. The van der Waals surface area contributed by atoms with Gasteiger partial charge in [0, 0.05) is 6.04 Å². The van der Waals surface area contributed by atoms with E-state index in [4.69, 9.17) is 5.73 Å². The normalized spacial score (nSPS) is 59.7. The molecule has 0 aromatic rings. The first-order valence-electron chi connectivity index (χ1n) is 4.45. The van der Waals surface area contributed by atoms with Gasteiger partial charge in [-0.05, 0) is 36.5 Å². The Kier molecular flexibility index (Phi) is 1.31. The van der Waals surface area contributed by atoms with Crippen molar-refractivity contribution in [1.29, 1.82) is 0 Å². The highest BCUT2D eigenvalue weighted by Crippen LogP contribution is 2.50. The van der Waals surface area contributed by atoms with Crippen LogP contribution in [-0.4, -0.2) is 6.04 Å². The summed E-state index contributed by atoms with van der Waals surface area (Å²) in [7, 11) is 0. The molecule has 2 N–H and O–H groups in total. The zero-order valence-electron chi connectivity index (χ0n) is 6.88. The van der Waals surface area contributed by atoms with Crippen LogP contribution in [0.2, 0.25) is 0 Å². The zero-order chi connectivity index (χ0) is 7.30. The van der Waals surface area contributed by atoms with E-state index in [0.717, 1.165) is 23.7 Å². The molecule has 0 aromatic heterocycles. The average molecular weight is 139 g/mol. The van der Waals surface area contributed by atoms with Crippen molar-refractivity contribution < 1.29 is 0 Å². The molecule has 2 rings (SSSR count). The van der Waals surface area contributed by atoms with Gasteiger partial charge in [0.25, 0.3) is 0 Å². The lowest BCUT2D eigenvalue weighted by atomic mass is 9.79. The molecule has 0 aliphatic heterocycles. The zero-order valence-corrected chi connectivity index (χ0v) is 6.88. The molecule has 0 radical (unpaired) electrons. The minimum absolute atomic E-state index is 0.538. The lowest BCUT2D eigenvalue weighted by Crippen LogP contribution is -2.34. The van der Waals surface area contributed by atoms with E-state index in [1.54, 1.807) is 0 Å². The van der Waals surface area contributed by atoms with Crippen LogP contribution in [0.3, 0.4) is 0 Å². The third kappa shape index (κ3) is 0.672. The van der Waals surface area contributed by atoms with Crippen molar-refractivity contribution in [3.63, 3.8) is 0 Å². The van der Waals surface area contributed by atoms with E-state index in [1.165, 1.54) is 12.8 Å². The quantitative estimate of drug-likeness (QED) is 0.542. The van der Waals surface area contributed by atoms with E-state index >= 15 is 0 Å². The maximum atomic E-state index is 5.97. The van der Waals surface area contributed by atoms with Crippen LogP contribution in [-0.2, 0) is 0 Å². The van der Waals surface area contributed by atoms with E-state index in [1.807, 2.05) is 0 Å². The maximum Gasteiger partial charge on any atom is 0.00726 e. The number of nitrogens with two attached hydrogens (primary N) is 1. The van der Waals surface area contributed by atoms with E-state index < -0.39 is 0 Å². The van der Waals surface area contributed by atoms with Crippen LogP contribution in [0.1, 0.15) is 26.7 Å². The molecule has 5 unspecified atom stereocenters. The molecule has 0 heterocycles. The number of rotatable bonds is 0. The van der Waals surface area contributed by atoms with Gasteiger partial charge in [0.05, 0.1) is 0 Å². The Morgan fingerprint density at radius 2 is 1.80 bits per heavy atom. The molecule has 1 nitrogen and oxygen atoms in total.